The molecule has 41 heavy (non-hydrogen) atoms. The summed E-state index contributed by atoms with van der Waals surface area (Å²) in [5.41, 5.74) is -0.462. The second-order valence-corrected chi connectivity index (χ2v) is 13.2. The Morgan fingerprint density at radius 3 is 2.71 bits per heavy atom. The molecule has 0 unspecified atom stereocenters. The maximum Gasteiger partial charge on any atom is 0.246 e. The zero-order valence-electron chi connectivity index (χ0n) is 24.2. The number of hydrogen-bond donors (Lipinski definition) is 2. The summed E-state index contributed by atoms with van der Waals surface area (Å²) >= 11 is 1.60. The first kappa shape index (κ1) is 28.7. The van der Waals surface area contributed by atoms with Crippen molar-refractivity contribution in [2.45, 2.75) is 61.8 Å². The third-order valence-electron chi connectivity index (χ3n) is 10.1. The van der Waals surface area contributed by atoms with E-state index >= 15 is 0 Å². The van der Waals surface area contributed by atoms with Crippen LogP contribution in [0.15, 0.2) is 41.3 Å². The zero-order valence-corrected chi connectivity index (χ0v) is 25.0. The molecule has 1 saturated carbocycles. The molecule has 4 heterocycles. The van der Waals surface area contributed by atoms with Crippen LogP contribution >= 0.6 is 11.8 Å². The second kappa shape index (κ2) is 11.7. The van der Waals surface area contributed by atoms with Gasteiger partial charge in [0.2, 0.25) is 17.7 Å². The van der Waals surface area contributed by atoms with Crippen LogP contribution in [-0.4, -0.2) is 97.0 Å². The number of hydrogen-bond acceptors (Lipinski definition) is 7. The quantitative estimate of drug-likeness (QED) is 0.359. The van der Waals surface area contributed by atoms with Crippen LogP contribution in [0.25, 0.3) is 0 Å². The highest BCUT2D eigenvalue weighted by Gasteiger charge is 2.72. The van der Waals surface area contributed by atoms with E-state index in [-0.39, 0.29) is 23.8 Å². The minimum absolute atomic E-state index is 0.0586. The Morgan fingerprint density at radius 1 is 1.12 bits per heavy atom. The number of thioether (sulfide) groups is 1. The van der Waals surface area contributed by atoms with Gasteiger partial charge in [-0.3, -0.25) is 19.3 Å². The Kier molecular flexibility index (Phi) is 8.19. The highest BCUT2D eigenvalue weighted by atomic mass is 32.2. The van der Waals surface area contributed by atoms with Crippen molar-refractivity contribution in [3.8, 4) is 0 Å². The van der Waals surface area contributed by atoms with Gasteiger partial charge < -0.3 is 25.0 Å². The fourth-order valence-electron chi connectivity index (χ4n) is 7.56. The fourth-order valence-corrected chi connectivity index (χ4v) is 8.02. The third-order valence-corrected chi connectivity index (χ3v) is 10.8. The van der Waals surface area contributed by atoms with E-state index < -0.39 is 29.6 Å². The molecule has 6 rings (SSSR count). The van der Waals surface area contributed by atoms with Gasteiger partial charge in [0, 0.05) is 42.8 Å². The molecule has 1 aliphatic carbocycles. The van der Waals surface area contributed by atoms with Crippen LogP contribution in [0.2, 0.25) is 0 Å². The van der Waals surface area contributed by atoms with Crippen LogP contribution in [-0.2, 0) is 23.9 Å². The molecule has 5 aliphatic rings. The average Bonchev–Trinajstić information content (AvgIpc) is 3.62. The summed E-state index contributed by atoms with van der Waals surface area (Å²) in [5, 5.41) is 6.37. The van der Waals surface area contributed by atoms with Gasteiger partial charge in [0.15, 0.2) is 0 Å². The Balaban J connectivity index is 1.27. The smallest absolute Gasteiger partial charge is 0.246 e. The molecule has 8 atom stereocenters. The predicted octanol–water partition coefficient (Wildman–Crippen LogP) is 2.77. The first-order chi connectivity index (χ1) is 19.8. The number of likely N-dealkylation sites (tertiary alicyclic amines) is 1. The number of carbonyl (C=O) groups is 3. The van der Waals surface area contributed by atoms with Crippen LogP contribution in [0.3, 0.4) is 0 Å². The standard InChI is InChI=1S/C31H42N4O5S/c1-19-6-4-9-23(20(19)2)33-29(37)27-31-11-10-24(40-31)25(28(36)32-21-7-5-8-22(18-21)41-3)26(31)30(38)35(27)13-12-34-14-16-39-17-15-34/h5,7-8,10-11,18-20,23-27H,4,6,9,12-17H2,1-3H3,(H,32,36)(H,33,37)/t19-,20+,23-,24+,25-,26+,27+,31+/m1/s1. The van der Waals surface area contributed by atoms with Crippen molar-refractivity contribution in [3.05, 3.63) is 36.4 Å². The Labute approximate surface area is 246 Å². The van der Waals surface area contributed by atoms with E-state index in [9.17, 15) is 14.4 Å². The van der Waals surface area contributed by atoms with Crippen molar-refractivity contribution in [2.24, 2.45) is 23.7 Å². The molecule has 2 bridgehead atoms. The lowest BCUT2D eigenvalue weighted by Crippen LogP contribution is -2.58. The summed E-state index contributed by atoms with van der Waals surface area (Å²) in [5.74, 6) is -1.17. The Bertz CT molecular complexity index is 1200. The molecule has 4 fully saturated rings. The minimum atomic E-state index is -1.15. The van der Waals surface area contributed by atoms with Gasteiger partial charge in [-0.25, -0.2) is 0 Å². The average molecular weight is 583 g/mol. The van der Waals surface area contributed by atoms with Gasteiger partial charge in [-0.1, -0.05) is 44.9 Å². The van der Waals surface area contributed by atoms with E-state index in [1.807, 2.05) is 42.7 Å². The van der Waals surface area contributed by atoms with Crippen molar-refractivity contribution in [1.29, 1.82) is 0 Å². The largest absolute Gasteiger partial charge is 0.379 e. The van der Waals surface area contributed by atoms with Gasteiger partial charge in [-0.15, -0.1) is 11.8 Å². The van der Waals surface area contributed by atoms with Crippen molar-refractivity contribution < 1.29 is 23.9 Å². The van der Waals surface area contributed by atoms with Gasteiger partial charge in [0.1, 0.15) is 11.6 Å². The summed E-state index contributed by atoms with van der Waals surface area (Å²) in [6, 6.07) is 6.92. The molecule has 3 saturated heterocycles. The topological polar surface area (TPSA) is 100 Å². The summed E-state index contributed by atoms with van der Waals surface area (Å²) in [6.45, 7) is 8.41. The molecule has 0 aromatic heterocycles. The lowest BCUT2D eigenvalue weighted by atomic mass is 9.73. The van der Waals surface area contributed by atoms with Crippen molar-refractivity contribution in [2.75, 3.05) is 51.0 Å². The summed E-state index contributed by atoms with van der Waals surface area (Å²) in [7, 11) is 0. The van der Waals surface area contributed by atoms with Crippen LogP contribution in [0.1, 0.15) is 33.1 Å². The first-order valence-electron chi connectivity index (χ1n) is 15.1. The molecule has 10 heteroatoms. The van der Waals surface area contributed by atoms with Crippen LogP contribution < -0.4 is 10.6 Å². The number of nitrogens with one attached hydrogen (secondary N) is 2. The van der Waals surface area contributed by atoms with Gasteiger partial charge in [-0.05, 0) is 42.7 Å². The van der Waals surface area contributed by atoms with E-state index in [4.69, 9.17) is 9.47 Å². The number of carbonyl (C=O) groups excluding carboxylic acids is 3. The Hall–Kier alpha value is -2.40. The summed E-state index contributed by atoms with van der Waals surface area (Å²) < 4.78 is 12.0. The Morgan fingerprint density at radius 2 is 1.93 bits per heavy atom. The molecule has 4 aliphatic heterocycles. The molecule has 1 spiro atoms. The molecule has 0 radical (unpaired) electrons. The fraction of sp³-hybridized carbons (Fsp3) is 0.645. The normalized spacial score (nSPS) is 36.4. The maximum atomic E-state index is 14.2. The van der Waals surface area contributed by atoms with E-state index in [1.54, 1.807) is 16.7 Å². The van der Waals surface area contributed by atoms with E-state index in [1.165, 1.54) is 0 Å². The number of amides is 3. The summed E-state index contributed by atoms with van der Waals surface area (Å²) in [6.07, 6.45) is 8.39. The van der Waals surface area contributed by atoms with Gasteiger partial charge >= 0.3 is 0 Å². The maximum absolute atomic E-state index is 14.2. The lowest BCUT2D eigenvalue weighted by Gasteiger charge is -2.38. The van der Waals surface area contributed by atoms with Gasteiger partial charge in [-0.2, -0.15) is 0 Å². The monoisotopic (exact) mass is 582 g/mol. The van der Waals surface area contributed by atoms with Crippen LogP contribution in [0, 0.1) is 23.7 Å². The molecular formula is C31H42N4O5S. The highest BCUT2D eigenvalue weighted by molar-refractivity contribution is 7.98. The van der Waals surface area contributed by atoms with E-state index in [0.717, 1.165) is 37.2 Å². The van der Waals surface area contributed by atoms with E-state index in [0.29, 0.717) is 43.8 Å². The lowest BCUT2D eigenvalue weighted by molar-refractivity contribution is -0.142. The molecular weight excluding hydrogens is 540 g/mol. The first-order valence-corrected chi connectivity index (χ1v) is 16.3. The number of benzene rings is 1. The zero-order chi connectivity index (χ0) is 28.7. The molecule has 222 valence electrons. The van der Waals surface area contributed by atoms with Crippen LogP contribution in [0.5, 0.6) is 0 Å². The highest BCUT2D eigenvalue weighted by Crippen LogP contribution is 2.55. The second-order valence-electron chi connectivity index (χ2n) is 12.3. The number of anilines is 1. The number of nitrogens with zero attached hydrogens (tertiary/aromatic N) is 2. The van der Waals surface area contributed by atoms with E-state index in [2.05, 4.69) is 29.4 Å². The van der Waals surface area contributed by atoms with Crippen LogP contribution in [0.4, 0.5) is 5.69 Å². The van der Waals surface area contributed by atoms with Crippen molar-refractivity contribution >= 4 is 35.2 Å². The predicted molar refractivity (Wildman–Crippen MR) is 157 cm³/mol. The molecule has 2 N–H and O–H groups in total. The molecule has 9 nitrogen and oxygen atoms in total. The van der Waals surface area contributed by atoms with Crippen molar-refractivity contribution in [3.63, 3.8) is 0 Å². The number of ether oxygens (including phenoxy) is 2. The van der Waals surface area contributed by atoms with Gasteiger partial charge in [0.25, 0.3) is 0 Å². The van der Waals surface area contributed by atoms with Gasteiger partial charge in [0.05, 0.1) is 31.2 Å². The molecule has 3 amide bonds. The third kappa shape index (κ3) is 5.21. The molecule has 1 aromatic rings. The SMILES string of the molecule is CSc1cccc(NC(=O)[C@@H]2[C@@H]3C=C[C@]4(O3)[C@@H]2C(=O)N(CCN2CCOCC2)[C@H]4C(=O)N[C@@H]2CCC[C@@H](C)[C@@H]2C)c1. The number of rotatable bonds is 8. The number of fused-ring (bicyclic) bond motifs is 1. The minimum Gasteiger partial charge on any atom is -0.379 e. The molecule has 1 aromatic carbocycles. The summed E-state index contributed by atoms with van der Waals surface area (Å²) in [4.78, 5) is 47.2. The van der Waals surface area contributed by atoms with Crippen molar-refractivity contribution in [1.82, 2.24) is 15.1 Å². The number of morpholine rings is 1.